The predicted octanol–water partition coefficient (Wildman–Crippen LogP) is 0.627. The van der Waals surface area contributed by atoms with Crippen LogP contribution in [0.5, 0.6) is 0 Å². The maximum absolute atomic E-state index is 9.42. The lowest BCUT2D eigenvalue weighted by Crippen LogP contribution is -2.36. The molecule has 1 N–H and O–H groups in total. The van der Waals surface area contributed by atoms with E-state index in [1.54, 1.807) is 0 Å². The summed E-state index contributed by atoms with van der Waals surface area (Å²) >= 11 is 0. The van der Waals surface area contributed by atoms with Crippen LogP contribution in [-0.2, 0) is 0 Å². The van der Waals surface area contributed by atoms with Crippen LogP contribution in [0.1, 0.15) is 12.8 Å². The van der Waals surface area contributed by atoms with Crippen molar-refractivity contribution in [2.24, 2.45) is 5.92 Å². The Bertz CT molecular complexity index is 178. The summed E-state index contributed by atoms with van der Waals surface area (Å²) < 4.78 is 0. The van der Waals surface area contributed by atoms with Crippen molar-refractivity contribution in [3.63, 3.8) is 0 Å². The minimum absolute atomic E-state index is 0.0600. The molecule has 2 unspecified atom stereocenters. The molecule has 0 aromatic rings. The molecule has 0 aromatic heterocycles. The zero-order chi connectivity index (χ0) is 7.84. The van der Waals surface area contributed by atoms with Crippen LogP contribution in [0.25, 0.3) is 0 Å². The largest absolute Gasteiger partial charge is 0.393 e. The van der Waals surface area contributed by atoms with Gasteiger partial charge in [0.05, 0.1) is 6.10 Å². The molecule has 0 saturated heterocycles. The van der Waals surface area contributed by atoms with E-state index in [-0.39, 0.29) is 6.10 Å². The summed E-state index contributed by atoms with van der Waals surface area (Å²) in [7, 11) is 2.14. The zero-order valence-corrected chi connectivity index (χ0v) is 6.90. The van der Waals surface area contributed by atoms with E-state index in [1.165, 1.54) is 0 Å². The molecule has 2 aliphatic rings. The van der Waals surface area contributed by atoms with Gasteiger partial charge in [0.25, 0.3) is 0 Å². The molecule has 1 aliphatic heterocycles. The lowest BCUT2D eigenvalue weighted by Gasteiger charge is -2.30. The van der Waals surface area contributed by atoms with Crippen molar-refractivity contribution in [2.45, 2.75) is 25.0 Å². The minimum Gasteiger partial charge on any atom is -0.393 e. The molecule has 1 aliphatic carbocycles. The van der Waals surface area contributed by atoms with Crippen LogP contribution in [0.4, 0.5) is 0 Å². The van der Waals surface area contributed by atoms with E-state index < -0.39 is 0 Å². The first-order valence-corrected chi connectivity index (χ1v) is 4.32. The van der Waals surface area contributed by atoms with Gasteiger partial charge < -0.3 is 5.11 Å². The Balaban J connectivity index is 2.13. The van der Waals surface area contributed by atoms with E-state index in [1.807, 2.05) is 0 Å². The highest BCUT2D eigenvalue weighted by molar-refractivity contribution is 5.06. The molecule has 0 spiro atoms. The number of hydrogen-bond donors (Lipinski definition) is 1. The van der Waals surface area contributed by atoms with E-state index in [0.29, 0.717) is 12.0 Å². The molecule has 3 atom stereocenters. The molecule has 2 rings (SSSR count). The van der Waals surface area contributed by atoms with Crippen molar-refractivity contribution < 1.29 is 5.11 Å². The molecular weight excluding hydrogens is 138 g/mol. The van der Waals surface area contributed by atoms with E-state index >= 15 is 0 Å². The molecule has 0 aromatic carbocycles. The minimum atomic E-state index is -0.0600. The van der Waals surface area contributed by atoms with Gasteiger partial charge >= 0.3 is 0 Å². The molecule has 0 radical (unpaired) electrons. The van der Waals surface area contributed by atoms with Crippen LogP contribution in [0.2, 0.25) is 0 Å². The Morgan fingerprint density at radius 1 is 1.45 bits per heavy atom. The fraction of sp³-hybridized carbons (Fsp3) is 0.778. The zero-order valence-electron chi connectivity index (χ0n) is 6.90. The van der Waals surface area contributed by atoms with Gasteiger partial charge in [-0.3, -0.25) is 4.90 Å². The number of aliphatic hydroxyl groups excluding tert-OH is 1. The van der Waals surface area contributed by atoms with Crippen LogP contribution in [0.3, 0.4) is 0 Å². The highest BCUT2D eigenvalue weighted by Gasteiger charge is 2.35. The first-order chi connectivity index (χ1) is 5.27. The summed E-state index contributed by atoms with van der Waals surface area (Å²) in [6.45, 7) is 1.05. The van der Waals surface area contributed by atoms with Gasteiger partial charge in [-0.2, -0.15) is 0 Å². The Morgan fingerprint density at radius 3 is 3.00 bits per heavy atom. The van der Waals surface area contributed by atoms with Crippen LogP contribution in [0.15, 0.2) is 12.2 Å². The second-order valence-corrected chi connectivity index (χ2v) is 3.72. The van der Waals surface area contributed by atoms with Crippen molar-refractivity contribution in [3.05, 3.63) is 12.2 Å². The highest BCUT2D eigenvalue weighted by Crippen LogP contribution is 2.32. The molecule has 1 saturated carbocycles. The number of likely N-dealkylation sites (N-methyl/N-ethyl adjacent to an activating group) is 1. The number of nitrogens with zero attached hydrogens (tertiary/aromatic N) is 1. The summed E-state index contributed by atoms with van der Waals surface area (Å²) in [5.41, 5.74) is 0. The molecule has 11 heavy (non-hydrogen) atoms. The number of hydrogen-bond acceptors (Lipinski definition) is 2. The maximum Gasteiger partial charge on any atom is 0.0561 e. The monoisotopic (exact) mass is 153 g/mol. The second kappa shape index (κ2) is 2.61. The molecule has 2 heteroatoms. The average molecular weight is 153 g/mol. The smallest absolute Gasteiger partial charge is 0.0561 e. The Morgan fingerprint density at radius 2 is 2.27 bits per heavy atom. The molecule has 2 nitrogen and oxygen atoms in total. The third kappa shape index (κ3) is 1.21. The maximum atomic E-state index is 9.42. The third-order valence-corrected chi connectivity index (χ3v) is 2.89. The quantitative estimate of drug-likeness (QED) is 0.516. The van der Waals surface area contributed by atoms with Gasteiger partial charge in [-0.15, -0.1) is 0 Å². The average Bonchev–Trinajstić information content (AvgIpc) is 2.31. The van der Waals surface area contributed by atoms with Gasteiger partial charge in [0.2, 0.25) is 0 Å². The molecule has 1 heterocycles. The van der Waals surface area contributed by atoms with Crippen LogP contribution in [-0.4, -0.2) is 35.7 Å². The summed E-state index contributed by atoms with van der Waals surface area (Å²) in [6, 6.07) is 0.606. The normalized spacial score (nSPS) is 44.4. The number of rotatable bonds is 0. The van der Waals surface area contributed by atoms with Crippen molar-refractivity contribution in [3.8, 4) is 0 Å². The van der Waals surface area contributed by atoms with E-state index in [9.17, 15) is 5.11 Å². The van der Waals surface area contributed by atoms with Crippen molar-refractivity contribution in [1.82, 2.24) is 4.90 Å². The van der Waals surface area contributed by atoms with Gasteiger partial charge in [-0.25, -0.2) is 0 Å². The topological polar surface area (TPSA) is 23.5 Å². The number of fused-ring (bicyclic) bond motifs is 1. The van der Waals surface area contributed by atoms with E-state index in [2.05, 4.69) is 24.1 Å². The SMILES string of the molecule is CN1CC=CC2C[C@@H](O)CC21. The summed E-state index contributed by atoms with van der Waals surface area (Å²) in [5.74, 6) is 0.615. The van der Waals surface area contributed by atoms with Crippen molar-refractivity contribution in [2.75, 3.05) is 13.6 Å². The van der Waals surface area contributed by atoms with Gasteiger partial charge in [0.15, 0.2) is 0 Å². The van der Waals surface area contributed by atoms with Gasteiger partial charge in [0.1, 0.15) is 0 Å². The van der Waals surface area contributed by atoms with Crippen LogP contribution >= 0.6 is 0 Å². The molecule has 62 valence electrons. The second-order valence-electron chi connectivity index (χ2n) is 3.72. The number of aliphatic hydroxyl groups is 1. The molecular formula is C9H15NO. The van der Waals surface area contributed by atoms with Gasteiger partial charge in [0, 0.05) is 12.6 Å². The summed E-state index contributed by atoms with van der Waals surface area (Å²) in [5, 5.41) is 9.42. The molecule has 0 bridgehead atoms. The molecule has 1 fully saturated rings. The first-order valence-electron chi connectivity index (χ1n) is 4.32. The van der Waals surface area contributed by atoms with Crippen molar-refractivity contribution in [1.29, 1.82) is 0 Å². The lowest BCUT2D eigenvalue weighted by molar-refractivity contribution is 0.166. The van der Waals surface area contributed by atoms with Gasteiger partial charge in [-0.05, 0) is 25.8 Å². The summed E-state index contributed by atoms with van der Waals surface area (Å²) in [4.78, 5) is 2.33. The Hall–Kier alpha value is -0.340. The van der Waals surface area contributed by atoms with Gasteiger partial charge in [-0.1, -0.05) is 12.2 Å². The first kappa shape index (κ1) is 7.32. The van der Waals surface area contributed by atoms with Crippen molar-refractivity contribution >= 4 is 0 Å². The lowest BCUT2D eigenvalue weighted by atomic mass is 9.99. The Kier molecular flexibility index (Phi) is 1.74. The van der Waals surface area contributed by atoms with E-state index in [0.717, 1.165) is 19.4 Å². The Labute approximate surface area is 67.5 Å². The molecule has 0 amide bonds. The fourth-order valence-corrected chi connectivity index (χ4v) is 2.27. The van der Waals surface area contributed by atoms with E-state index in [4.69, 9.17) is 0 Å². The predicted molar refractivity (Wildman–Crippen MR) is 44.3 cm³/mol. The fourth-order valence-electron chi connectivity index (χ4n) is 2.27. The van der Waals surface area contributed by atoms with Crippen LogP contribution in [0, 0.1) is 5.92 Å². The third-order valence-electron chi connectivity index (χ3n) is 2.89. The van der Waals surface area contributed by atoms with Crippen LogP contribution < -0.4 is 0 Å². The standard InChI is InChI=1S/C9H15NO/c1-10-4-2-3-7-5-8(11)6-9(7)10/h2-3,7-9,11H,4-6H2,1H3/t7?,8-,9?/m1/s1. The summed E-state index contributed by atoms with van der Waals surface area (Å²) in [6.07, 6.45) is 6.34. The highest BCUT2D eigenvalue weighted by atomic mass is 16.3.